The average molecular weight is 354 g/mol. The highest BCUT2D eigenvalue weighted by Gasteiger charge is 2.34. The Labute approximate surface area is 147 Å². The molecule has 1 aromatic rings. The van der Waals surface area contributed by atoms with Crippen LogP contribution in [0.5, 0.6) is 5.75 Å². The van der Waals surface area contributed by atoms with Crippen LogP contribution in [0.15, 0.2) is 12.1 Å². The molecule has 3 rings (SSSR count). The zero-order valence-corrected chi connectivity index (χ0v) is 14.9. The molecule has 1 amide bonds. The van der Waals surface area contributed by atoms with E-state index in [4.69, 9.17) is 16.3 Å². The molecule has 24 heavy (non-hydrogen) atoms. The Bertz CT molecular complexity index is 595. The number of carbonyl (C=O) groups is 1. The van der Waals surface area contributed by atoms with E-state index in [9.17, 15) is 9.18 Å². The SMILES string of the molecule is COc1c(Cl)ccc(F)c1C(NC(=O)C1CCCC1)C1CCCC1. The molecule has 0 aromatic heterocycles. The molecule has 0 aliphatic heterocycles. The fourth-order valence-corrected chi connectivity index (χ4v) is 4.46. The minimum absolute atomic E-state index is 0.0471. The van der Waals surface area contributed by atoms with Gasteiger partial charge >= 0.3 is 0 Å². The van der Waals surface area contributed by atoms with Crippen LogP contribution in [-0.2, 0) is 4.79 Å². The maximum absolute atomic E-state index is 14.7. The molecule has 2 aliphatic rings. The molecule has 0 heterocycles. The van der Waals surface area contributed by atoms with Crippen molar-refractivity contribution in [3.63, 3.8) is 0 Å². The predicted octanol–water partition coefficient (Wildman–Crippen LogP) is 5.03. The number of methoxy groups -OCH3 is 1. The van der Waals surface area contributed by atoms with Gasteiger partial charge in [0.15, 0.2) is 0 Å². The van der Waals surface area contributed by atoms with Crippen LogP contribution in [0.3, 0.4) is 0 Å². The summed E-state index contributed by atoms with van der Waals surface area (Å²) in [5.41, 5.74) is 0.406. The number of halogens is 2. The number of rotatable bonds is 5. The Morgan fingerprint density at radius 3 is 2.46 bits per heavy atom. The lowest BCUT2D eigenvalue weighted by atomic mass is 9.89. The summed E-state index contributed by atoms with van der Waals surface area (Å²) in [7, 11) is 1.49. The van der Waals surface area contributed by atoms with Crippen LogP contribution in [0.1, 0.15) is 63.0 Å². The van der Waals surface area contributed by atoms with Gasteiger partial charge in [0.25, 0.3) is 0 Å². The molecule has 3 nitrogen and oxygen atoms in total. The van der Waals surface area contributed by atoms with Gasteiger partial charge in [-0.05, 0) is 43.7 Å². The minimum atomic E-state index is -0.366. The first-order valence-corrected chi connectivity index (χ1v) is 9.32. The number of nitrogens with one attached hydrogen (secondary N) is 1. The molecule has 2 fully saturated rings. The Morgan fingerprint density at radius 1 is 1.21 bits per heavy atom. The van der Waals surface area contributed by atoms with Crippen LogP contribution >= 0.6 is 11.6 Å². The Balaban J connectivity index is 1.93. The highest BCUT2D eigenvalue weighted by molar-refractivity contribution is 6.32. The van der Waals surface area contributed by atoms with Gasteiger partial charge in [-0.3, -0.25) is 4.79 Å². The normalized spacial score (nSPS) is 20.3. The number of benzene rings is 1. The molecule has 0 saturated heterocycles. The summed E-state index contributed by atoms with van der Waals surface area (Å²) in [6.07, 6.45) is 8.27. The molecular formula is C19H25ClFNO2. The van der Waals surface area contributed by atoms with E-state index in [-0.39, 0.29) is 29.6 Å². The van der Waals surface area contributed by atoms with Gasteiger partial charge in [0.1, 0.15) is 11.6 Å². The summed E-state index contributed by atoms with van der Waals surface area (Å²) in [6.45, 7) is 0. The predicted molar refractivity (Wildman–Crippen MR) is 92.8 cm³/mol. The molecule has 0 bridgehead atoms. The van der Waals surface area contributed by atoms with Gasteiger partial charge in [-0.2, -0.15) is 0 Å². The highest BCUT2D eigenvalue weighted by Crippen LogP contribution is 2.43. The number of amides is 1. The van der Waals surface area contributed by atoms with Crippen LogP contribution in [0.4, 0.5) is 4.39 Å². The number of carbonyl (C=O) groups excluding carboxylic acids is 1. The first kappa shape index (κ1) is 17.5. The number of hydrogen-bond donors (Lipinski definition) is 1. The monoisotopic (exact) mass is 353 g/mol. The van der Waals surface area contributed by atoms with Gasteiger partial charge < -0.3 is 10.1 Å². The van der Waals surface area contributed by atoms with Crippen LogP contribution in [0.2, 0.25) is 5.02 Å². The van der Waals surface area contributed by atoms with Crippen molar-refractivity contribution in [2.24, 2.45) is 11.8 Å². The molecule has 1 atom stereocenters. The maximum Gasteiger partial charge on any atom is 0.223 e. The fourth-order valence-electron chi connectivity index (χ4n) is 4.22. The lowest BCUT2D eigenvalue weighted by Crippen LogP contribution is -2.37. The summed E-state index contributed by atoms with van der Waals surface area (Å²) in [5.74, 6) is 0.324. The average Bonchev–Trinajstić information content (AvgIpc) is 3.28. The van der Waals surface area contributed by atoms with E-state index in [1.54, 1.807) is 0 Å². The first-order valence-electron chi connectivity index (χ1n) is 8.94. The van der Waals surface area contributed by atoms with Gasteiger partial charge in [0.05, 0.1) is 23.7 Å². The van der Waals surface area contributed by atoms with Crippen LogP contribution in [0.25, 0.3) is 0 Å². The van der Waals surface area contributed by atoms with Gasteiger partial charge in [0, 0.05) is 5.92 Å². The zero-order chi connectivity index (χ0) is 17.1. The lowest BCUT2D eigenvalue weighted by Gasteiger charge is -2.28. The van der Waals surface area contributed by atoms with Crippen LogP contribution in [0, 0.1) is 17.7 Å². The third-order valence-corrected chi connectivity index (χ3v) is 5.80. The van der Waals surface area contributed by atoms with E-state index in [0.29, 0.717) is 16.3 Å². The Morgan fingerprint density at radius 2 is 1.83 bits per heavy atom. The van der Waals surface area contributed by atoms with Crippen molar-refractivity contribution >= 4 is 17.5 Å². The number of ether oxygens (including phenoxy) is 1. The van der Waals surface area contributed by atoms with Crippen molar-refractivity contribution in [1.82, 2.24) is 5.32 Å². The quantitative estimate of drug-likeness (QED) is 0.806. The van der Waals surface area contributed by atoms with Crippen molar-refractivity contribution in [3.05, 3.63) is 28.5 Å². The molecular weight excluding hydrogens is 329 g/mol. The lowest BCUT2D eigenvalue weighted by molar-refractivity contribution is -0.126. The summed E-state index contributed by atoms with van der Waals surface area (Å²) >= 11 is 6.21. The fraction of sp³-hybridized carbons (Fsp3) is 0.632. The van der Waals surface area contributed by atoms with Gasteiger partial charge in [-0.25, -0.2) is 4.39 Å². The van der Waals surface area contributed by atoms with Gasteiger partial charge in [0.2, 0.25) is 5.91 Å². The molecule has 2 aliphatic carbocycles. The van der Waals surface area contributed by atoms with Crippen molar-refractivity contribution in [2.75, 3.05) is 7.11 Å². The molecule has 1 aromatic carbocycles. The van der Waals surface area contributed by atoms with E-state index >= 15 is 0 Å². The maximum atomic E-state index is 14.7. The molecule has 0 radical (unpaired) electrons. The summed E-state index contributed by atoms with van der Waals surface area (Å²) in [6, 6.07) is 2.50. The topological polar surface area (TPSA) is 38.3 Å². The van der Waals surface area contributed by atoms with E-state index in [2.05, 4.69) is 5.32 Å². The Hall–Kier alpha value is -1.29. The Kier molecular flexibility index (Phi) is 5.65. The first-order chi connectivity index (χ1) is 11.6. The molecule has 1 N–H and O–H groups in total. The molecule has 2 saturated carbocycles. The highest BCUT2D eigenvalue weighted by atomic mass is 35.5. The van der Waals surface area contributed by atoms with Crippen LogP contribution < -0.4 is 10.1 Å². The van der Waals surface area contributed by atoms with Crippen molar-refractivity contribution < 1.29 is 13.9 Å². The second-order valence-corrected chi connectivity index (χ2v) is 7.40. The van der Waals surface area contributed by atoms with Crippen molar-refractivity contribution in [3.8, 4) is 5.75 Å². The van der Waals surface area contributed by atoms with Gasteiger partial charge in [-0.15, -0.1) is 0 Å². The largest absolute Gasteiger partial charge is 0.495 e. The second-order valence-electron chi connectivity index (χ2n) is 6.99. The number of hydrogen-bond acceptors (Lipinski definition) is 2. The zero-order valence-electron chi connectivity index (χ0n) is 14.1. The molecule has 0 spiro atoms. The van der Waals surface area contributed by atoms with Gasteiger partial charge in [-0.1, -0.05) is 37.3 Å². The summed E-state index contributed by atoms with van der Waals surface area (Å²) in [5, 5.41) is 3.52. The third kappa shape index (κ3) is 3.53. The minimum Gasteiger partial charge on any atom is -0.495 e. The van der Waals surface area contributed by atoms with Crippen molar-refractivity contribution in [2.45, 2.75) is 57.4 Å². The van der Waals surface area contributed by atoms with Crippen LogP contribution in [-0.4, -0.2) is 13.0 Å². The van der Waals surface area contributed by atoms with E-state index in [1.807, 2.05) is 0 Å². The van der Waals surface area contributed by atoms with E-state index < -0.39 is 0 Å². The second kappa shape index (κ2) is 7.73. The van der Waals surface area contributed by atoms with E-state index in [1.165, 1.54) is 19.2 Å². The molecule has 1 unspecified atom stereocenters. The van der Waals surface area contributed by atoms with E-state index in [0.717, 1.165) is 51.4 Å². The van der Waals surface area contributed by atoms with Crippen molar-refractivity contribution in [1.29, 1.82) is 0 Å². The third-order valence-electron chi connectivity index (χ3n) is 5.50. The summed E-state index contributed by atoms with van der Waals surface area (Å²) < 4.78 is 20.0. The summed E-state index contributed by atoms with van der Waals surface area (Å²) in [4.78, 5) is 12.7. The molecule has 132 valence electrons. The molecule has 5 heteroatoms. The smallest absolute Gasteiger partial charge is 0.223 e. The standard InChI is InChI=1S/C19H25ClFNO2/c1-24-18-14(20)10-11-15(21)16(18)17(12-6-2-3-7-12)22-19(23)13-8-4-5-9-13/h10-13,17H,2-9H2,1H3,(H,22,23).